The van der Waals surface area contributed by atoms with Crippen LogP contribution in [0, 0.1) is 0 Å². The Bertz CT molecular complexity index is 1150. The van der Waals surface area contributed by atoms with Gasteiger partial charge in [-0.1, -0.05) is 78.4 Å². The molecule has 4 aromatic carbocycles. The van der Waals surface area contributed by atoms with Crippen molar-refractivity contribution < 1.29 is 14.3 Å². The second-order valence-electron chi connectivity index (χ2n) is 8.08. The van der Waals surface area contributed by atoms with Gasteiger partial charge in [0.15, 0.2) is 0 Å². The number of hydrogen-bond acceptors (Lipinski definition) is 4. The molecule has 0 radical (unpaired) electrons. The van der Waals surface area contributed by atoms with Crippen LogP contribution in [0.25, 0.3) is 21.5 Å². The molecular formula is C25H25BNO3-. The van der Waals surface area contributed by atoms with E-state index in [0.717, 1.165) is 17.6 Å². The Kier molecular flexibility index (Phi) is 5.05. The van der Waals surface area contributed by atoms with E-state index in [9.17, 15) is 5.02 Å². The molecule has 4 nitrogen and oxygen atoms in total. The fraction of sp³-hybridized carbons (Fsp3) is 0.200. The fourth-order valence-electron chi connectivity index (χ4n) is 4.57. The first-order chi connectivity index (χ1) is 14.6. The Labute approximate surface area is 176 Å². The molecule has 0 bridgehead atoms. The van der Waals surface area contributed by atoms with Crippen LogP contribution in [0.15, 0.2) is 78.9 Å². The Morgan fingerprint density at radius 1 is 0.800 bits per heavy atom. The Morgan fingerprint density at radius 3 is 2.03 bits per heavy atom. The first-order valence-corrected chi connectivity index (χ1v) is 10.4. The molecule has 0 unspecified atom stereocenters. The normalized spacial score (nSPS) is 16.0. The van der Waals surface area contributed by atoms with E-state index >= 15 is 0 Å². The van der Waals surface area contributed by atoms with Crippen LogP contribution in [0.1, 0.15) is 11.1 Å². The van der Waals surface area contributed by atoms with Crippen molar-refractivity contribution in [2.45, 2.75) is 13.1 Å². The van der Waals surface area contributed by atoms with E-state index < -0.39 is 6.75 Å². The highest BCUT2D eigenvalue weighted by atomic mass is 16.7. The molecule has 5 rings (SSSR count). The molecule has 0 spiro atoms. The van der Waals surface area contributed by atoms with Gasteiger partial charge in [0.1, 0.15) is 0 Å². The van der Waals surface area contributed by atoms with Crippen molar-refractivity contribution in [2.24, 2.45) is 0 Å². The van der Waals surface area contributed by atoms with Gasteiger partial charge in [0.25, 0.3) is 0 Å². The third-order valence-electron chi connectivity index (χ3n) is 5.97. The van der Waals surface area contributed by atoms with Crippen molar-refractivity contribution in [3.8, 4) is 0 Å². The van der Waals surface area contributed by atoms with E-state index in [1.54, 1.807) is 0 Å². The lowest BCUT2D eigenvalue weighted by molar-refractivity contribution is 0.234. The molecular weight excluding hydrogens is 373 g/mol. The summed E-state index contributed by atoms with van der Waals surface area (Å²) < 4.78 is 11.1. The third-order valence-corrected chi connectivity index (χ3v) is 5.97. The number of rotatable bonds is 5. The van der Waals surface area contributed by atoms with Crippen LogP contribution in [0.4, 0.5) is 0 Å². The second kappa shape index (κ2) is 7.86. The molecule has 152 valence electrons. The van der Waals surface area contributed by atoms with Gasteiger partial charge in [0, 0.05) is 26.3 Å². The maximum atomic E-state index is 10.8. The average Bonchev–Trinajstić information content (AvgIpc) is 3.21. The molecule has 1 aliphatic rings. The van der Waals surface area contributed by atoms with Crippen LogP contribution in [0.2, 0.25) is 0 Å². The number of fused-ring (bicyclic) bond motifs is 2. The van der Waals surface area contributed by atoms with Crippen LogP contribution in [0.5, 0.6) is 0 Å². The Hall–Kier alpha value is -2.70. The summed E-state index contributed by atoms with van der Waals surface area (Å²) in [5, 5.41) is 15.9. The van der Waals surface area contributed by atoms with E-state index in [1.165, 1.54) is 27.1 Å². The van der Waals surface area contributed by atoms with Crippen molar-refractivity contribution in [3.63, 3.8) is 0 Å². The molecule has 0 aliphatic carbocycles. The summed E-state index contributed by atoms with van der Waals surface area (Å²) in [6.45, 7) is -0.0644. The minimum absolute atomic E-state index is 0.419. The quantitative estimate of drug-likeness (QED) is 0.410. The highest BCUT2D eigenvalue weighted by Crippen LogP contribution is 2.29. The molecule has 0 atom stereocenters. The summed E-state index contributed by atoms with van der Waals surface area (Å²) in [6, 6.07) is 27.2. The zero-order chi connectivity index (χ0) is 20.6. The summed E-state index contributed by atoms with van der Waals surface area (Å²) in [4.78, 5) is 2.28. The summed E-state index contributed by atoms with van der Waals surface area (Å²) in [7, 11) is 2.11. The van der Waals surface area contributed by atoms with Crippen LogP contribution in [0.3, 0.4) is 0 Å². The molecule has 1 heterocycles. The summed E-state index contributed by atoms with van der Waals surface area (Å²) in [6.07, 6.45) is 0. The van der Waals surface area contributed by atoms with Crippen LogP contribution >= 0.6 is 0 Å². The maximum absolute atomic E-state index is 10.8. The lowest BCUT2D eigenvalue weighted by Gasteiger charge is -2.32. The standard InChI is InChI=1S/C25H25BNO3/c1-27(17-21-10-4-7-13-25(21)26(28)29-14-15-30-26)18-24-22-11-5-2-8-19(22)16-20-9-3-6-12-23(20)24/h2-13,16,28H,14-15,17-18H2,1H3/q-1. The van der Waals surface area contributed by atoms with Gasteiger partial charge in [-0.25, -0.2) is 0 Å². The summed E-state index contributed by atoms with van der Waals surface area (Å²) in [5.41, 5.74) is 3.08. The molecule has 1 N–H and O–H groups in total. The van der Waals surface area contributed by atoms with Gasteiger partial charge < -0.3 is 14.3 Å². The first kappa shape index (κ1) is 19.3. The fourth-order valence-corrected chi connectivity index (χ4v) is 4.57. The van der Waals surface area contributed by atoms with Crippen LogP contribution < -0.4 is 5.46 Å². The molecule has 1 fully saturated rings. The molecule has 0 amide bonds. The largest absolute Gasteiger partial charge is 0.555 e. The van der Waals surface area contributed by atoms with Gasteiger partial charge in [-0.2, -0.15) is 0 Å². The second-order valence-corrected chi connectivity index (χ2v) is 8.08. The predicted molar refractivity (Wildman–Crippen MR) is 123 cm³/mol. The summed E-state index contributed by atoms with van der Waals surface area (Å²) >= 11 is 0. The molecule has 1 saturated heterocycles. The Morgan fingerprint density at radius 2 is 1.37 bits per heavy atom. The number of hydrogen-bond donors (Lipinski definition) is 1. The smallest absolute Gasteiger partial charge is 0.407 e. The lowest BCUT2D eigenvalue weighted by atomic mass is 9.68. The highest BCUT2D eigenvalue weighted by Gasteiger charge is 2.33. The van der Waals surface area contributed by atoms with Crippen LogP contribution in [-0.2, 0) is 22.4 Å². The average molecular weight is 398 g/mol. The van der Waals surface area contributed by atoms with E-state index in [4.69, 9.17) is 9.31 Å². The van der Waals surface area contributed by atoms with Gasteiger partial charge in [0.2, 0.25) is 0 Å². The van der Waals surface area contributed by atoms with Gasteiger partial charge in [-0.3, -0.25) is 4.90 Å². The van der Waals surface area contributed by atoms with Crippen molar-refractivity contribution >= 4 is 33.8 Å². The molecule has 5 heteroatoms. The third kappa shape index (κ3) is 3.51. The van der Waals surface area contributed by atoms with Crippen molar-refractivity contribution in [2.75, 3.05) is 20.3 Å². The van der Waals surface area contributed by atoms with E-state index in [-0.39, 0.29) is 0 Å². The van der Waals surface area contributed by atoms with E-state index in [1.807, 2.05) is 24.3 Å². The van der Waals surface area contributed by atoms with Crippen LogP contribution in [-0.4, -0.2) is 36.9 Å². The zero-order valence-electron chi connectivity index (χ0n) is 17.1. The van der Waals surface area contributed by atoms with Crippen molar-refractivity contribution in [1.29, 1.82) is 0 Å². The zero-order valence-corrected chi connectivity index (χ0v) is 17.1. The van der Waals surface area contributed by atoms with Gasteiger partial charge in [-0.15, -0.1) is 5.46 Å². The number of benzene rings is 4. The van der Waals surface area contributed by atoms with Crippen molar-refractivity contribution in [3.05, 3.63) is 90.0 Å². The molecule has 0 saturated carbocycles. The summed E-state index contributed by atoms with van der Waals surface area (Å²) in [5.74, 6) is 0. The molecule has 0 aromatic heterocycles. The van der Waals surface area contributed by atoms with Gasteiger partial charge in [-0.05, 0) is 40.2 Å². The highest BCUT2D eigenvalue weighted by molar-refractivity contribution is 6.75. The number of nitrogens with zero attached hydrogens (tertiary/aromatic N) is 1. The maximum Gasteiger partial charge on any atom is 0.407 e. The van der Waals surface area contributed by atoms with E-state index in [2.05, 4.69) is 66.5 Å². The Balaban J connectivity index is 1.50. The van der Waals surface area contributed by atoms with Gasteiger partial charge >= 0.3 is 6.75 Å². The minimum Gasteiger partial charge on any atom is -0.555 e. The molecule has 1 aliphatic heterocycles. The van der Waals surface area contributed by atoms with Crippen molar-refractivity contribution in [1.82, 2.24) is 4.90 Å². The minimum atomic E-state index is -2.38. The van der Waals surface area contributed by atoms with Gasteiger partial charge in [0.05, 0.1) is 0 Å². The predicted octanol–water partition coefficient (Wildman–Crippen LogP) is 3.81. The first-order valence-electron chi connectivity index (χ1n) is 10.4. The lowest BCUT2D eigenvalue weighted by Crippen LogP contribution is -2.52. The molecule has 30 heavy (non-hydrogen) atoms. The topological polar surface area (TPSA) is 41.9 Å². The monoisotopic (exact) mass is 398 g/mol. The molecule has 4 aromatic rings. The SMILES string of the molecule is CN(Cc1ccccc1[B-]1(O)OCCO1)Cc1c2ccccc2cc2ccccc12. The van der Waals surface area contributed by atoms with E-state index in [0.29, 0.717) is 19.8 Å².